The van der Waals surface area contributed by atoms with Gasteiger partial charge in [0.15, 0.2) is 3.95 Å². The van der Waals surface area contributed by atoms with Crippen LogP contribution in [0.1, 0.15) is 18.4 Å². The van der Waals surface area contributed by atoms with Gasteiger partial charge in [0.25, 0.3) is 0 Å². The predicted molar refractivity (Wildman–Crippen MR) is 67.6 cm³/mol. The molecular weight excluding hydrogens is 242 g/mol. The first-order valence-electron chi connectivity index (χ1n) is 4.99. The van der Waals surface area contributed by atoms with Crippen LogP contribution in [0.3, 0.4) is 0 Å². The van der Waals surface area contributed by atoms with Gasteiger partial charge in [-0.25, -0.2) is 0 Å². The van der Waals surface area contributed by atoms with E-state index in [1.54, 1.807) is 11.3 Å². The van der Waals surface area contributed by atoms with Crippen molar-refractivity contribution in [3.8, 4) is 0 Å². The van der Waals surface area contributed by atoms with Crippen molar-refractivity contribution in [1.82, 2.24) is 4.98 Å². The number of aliphatic carboxylic acids is 1. The van der Waals surface area contributed by atoms with Crippen LogP contribution in [0.2, 0.25) is 0 Å². The average Bonchev–Trinajstić information content (AvgIpc) is 2.56. The van der Waals surface area contributed by atoms with E-state index in [9.17, 15) is 4.79 Å². The van der Waals surface area contributed by atoms with Gasteiger partial charge in [0, 0.05) is 6.42 Å². The maximum Gasteiger partial charge on any atom is 0.303 e. The zero-order valence-electron chi connectivity index (χ0n) is 8.53. The second-order valence-electron chi connectivity index (χ2n) is 3.59. The van der Waals surface area contributed by atoms with Crippen molar-refractivity contribution in [3.63, 3.8) is 0 Å². The van der Waals surface area contributed by atoms with Crippen molar-refractivity contribution >= 4 is 39.7 Å². The Kier molecular flexibility index (Phi) is 3.36. The number of aromatic nitrogens is 1. The number of hydrogen-bond acceptors (Lipinski definition) is 3. The van der Waals surface area contributed by atoms with Crippen molar-refractivity contribution in [2.75, 3.05) is 0 Å². The van der Waals surface area contributed by atoms with E-state index in [-0.39, 0.29) is 6.42 Å². The predicted octanol–water partition coefficient (Wildman–Crippen LogP) is 3.37. The van der Waals surface area contributed by atoms with Crippen LogP contribution < -0.4 is 0 Å². The minimum absolute atomic E-state index is 0.220. The molecule has 2 aromatic rings. The fourth-order valence-corrected chi connectivity index (χ4v) is 2.69. The smallest absolute Gasteiger partial charge is 0.303 e. The molecule has 1 aromatic carbocycles. The van der Waals surface area contributed by atoms with Gasteiger partial charge in [-0.2, -0.15) is 0 Å². The summed E-state index contributed by atoms with van der Waals surface area (Å²) in [7, 11) is 0. The lowest BCUT2D eigenvalue weighted by Crippen LogP contribution is -1.95. The molecule has 0 saturated heterocycles. The lowest BCUT2D eigenvalue weighted by molar-refractivity contribution is -0.137. The van der Waals surface area contributed by atoms with Crippen LogP contribution in [-0.4, -0.2) is 16.1 Å². The summed E-state index contributed by atoms with van der Waals surface area (Å²) in [6.45, 7) is 0. The monoisotopic (exact) mass is 253 g/mol. The molecule has 0 bridgehead atoms. The number of carbonyl (C=O) groups is 1. The quantitative estimate of drug-likeness (QED) is 0.821. The van der Waals surface area contributed by atoms with E-state index in [4.69, 9.17) is 17.3 Å². The van der Waals surface area contributed by atoms with Crippen molar-refractivity contribution in [2.45, 2.75) is 19.3 Å². The molecule has 0 spiro atoms. The number of nitrogens with one attached hydrogen (secondary N) is 1. The molecule has 2 N–H and O–H groups in total. The van der Waals surface area contributed by atoms with Crippen molar-refractivity contribution in [1.29, 1.82) is 0 Å². The summed E-state index contributed by atoms with van der Waals surface area (Å²) in [6.07, 6.45) is 1.68. The molecule has 2 rings (SSSR count). The third-order valence-corrected chi connectivity index (χ3v) is 3.55. The number of aromatic amines is 1. The van der Waals surface area contributed by atoms with Crippen LogP contribution in [0, 0.1) is 3.95 Å². The number of thiazole rings is 1. The van der Waals surface area contributed by atoms with Crippen LogP contribution in [0.25, 0.3) is 10.2 Å². The zero-order valence-corrected chi connectivity index (χ0v) is 10.2. The van der Waals surface area contributed by atoms with E-state index < -0.39 is 5.97 Å². The van der Waals surface area contributed by atoms with Crippen LogP contribution >= 0.6 is 23.6 Å². The highest BCUT2D eigenvalue weighted by atomic mass is 32.1. The minimum Gasteiger partial charge on any atom is -0.481 e. The summed E-state index contributed by atoms with van der Waals surface area (Å²) in [5.41, 5.74) is 2.20. The number of H-pyrrole nitrogens is 1. The summed E-state index contributed by atoms with van der Waals surface area (Å²) >= 11 is 6.62. The number of benzene rings is 1. The Bertz CT molecular complexity index is 571. The summed E-state index contributed by atoms with van der Waals surface area (Å²) in [6, 6.07) is 6.11. The van der Waals surface area contributed by atoms with Crippen LogP contribution in [0.5, 0.6) is 0 Å². The fourth-order valence-electron chi connectivity index (χ4n) is 1.60. The van der Waals surface area contributed by atoms with E-state index in [1.165, 1.54) is 0 Å². The van der Waals surface area contributed by atoms with E-state index in [0.717, 1.165) is 26.2 Å². The van der Waals surface area contributed by atoms with E-state index in [0.29, 0.717) is 6.42 Å². The number of fused-ring (bicyclic) bond motifs is 1. The van der Waals surface area contributed by atoms with E-state index in [1.807, 2.05) is 18.2 Å². The molecule has 16 heavy (non-hydrogen) atoms. The largest absolute Gasteiger partial charge is 0.481 e. The second-order valence-corrected chi connectivity index (χ2v) is 5.31. The van der Waals surface area contributed by atoms with Crippen LogP contribution in [-0.2, 0) is 11.2 Å². The topological polar surface area (TPSA) is 53.1 Å². The van der Waals surface area contributed by atoms with Crippen LogP contribution in [0.4, 0.5) is 0 Å². The van der Waals surface area contributed by atoms with Crippen molar-refractivity contribution in [3.05, 3.63) is 27.7 Å². The number of carboxylic acids is 1. The van der Waals surface area contributed by atoms with Gasteiger partial charge in [0.2, 0.25) is 0 Å². The molecule has 0 aliphatic rings. The number of aryl methyl sites for hydroxylation is 1. The van der Waals surface area contributed by atoms with Gasteiger partial charge in [-0.05, 0) is 42.8 Å². The number of rotatable bonds is 4. The normalized spacial score (nSPS) is 10.8. The lowest BCUT2D eigenvalue weighted by Gasteiger charge is -1.99. The van der Waals surface area contributed by atoms with E-state index in [2.05, 4.69) is 4.98 Å². The molecule has 5 heteroatoms. The molecule has 3 nitrogen and oxygen atoms in total. The first kappa shape index (κ1) is 11.3. The average molecular weight is 253 g/mol. The molecule has 0 atom stereocenters. The molecule has 0 radical (unpaired) electrons. The number of hydrogen-bond donors (Lipinski definition) is 2. The van der Waals surface area contributed by atoms with Gasteiger partial charge >= 0.3 is 5.97 Å². The van der Waals surface area contributed by atoms with Gasteiger partial charge in [-0.3, -0.25) is 4.79 Å². The Hall–Kier alpha value is -1.20. The lowest BCUT2D eigenvalue weighted by atomic mass is 10.1. The first-order valence-corrected chi connectivity index (χ1v) is 6.21. The van der Waals surface area contributed by atoms with Gasteiger partial charge in [-0.1, -0.05) is 6.07 Å². The number of carboxylic acid groups (broad SMARTS) is 1. The Morgan fingerprint density at radius 1 is 1.50 bits per heavy atom. The molecule has 0 aliphatic carbocycles. The second kappa shape index (κ2) is 4.76. The molecule has 1 aromatic heterocycles. The third-order valence-electron chi connectivity index (χ3n) is 2.34. The Morgan fingerprint density at radius 2 is 2.31 bits per heavy atom. The molecule has 0 fully saturated rings. The molecule has 1 heterocycles. The molecule has 0 aliphatic heterocycles. The maximum atomic E-state index is 10.4. The Labute approximate surface area is 102 Å². The van der Waals surface area contributed by atoms with Gasteiger partial charge in [-0.15, -0.1) is 11.3 Å². The van der Waals surface area contributed by atoms with Gasteiger partial charge < -0.3 is 10.1 Å². The highest BCUT2D eigenvalue weighted by molar-refractivity contribution is 7.73. The van der Waals surface area contributed by atoms with E-state index >= 15 is 0 Å². The SMILES string of the molecule is O=C(O)CCCc1ccc2sc(=S)[nH]c2c1. The summed E-state index contributed by atoms with van der Waals surface area (Å²) in [4.78, 5) is 13.5. The van der Waals surface area contributed by atoms with Crippen molar-refractivity contribution < 1.29 is 9.90 Å². The standard InChI is InChI=1S/C11H11NO2S2/c13-10(14)3-1-2-7-4-5-9-8(6-7)12-11(15)16-9/h4-6H,1-3H2,(H,12,15)(H,13,14). The van der Waals surface area contributed by atoms with Gasteiger partial charge in [0.05, 0.1) is 10.2 Å². The molecule has 84 valence electrons. The van der Waals surface area contributed by atoms with Crippen LogP contribution in [0.15, 0.2) is 18.2 Å². The molecule has 0 saturated carbocycles. The summed E-state index contributed by atoms with van der Waals surface area (Å²) in [5, 5.41) is 8.55. The highest BCUT2D eigenvalue weighted by Gasteiger charge is 2.01. The third kappa shape index (κ3) is 2.68. The molecule has 0 unspecified atom stereocenters. The first-order chi connectivity index (χ1) is 7.65. The summed E-state index contributed by atoms with van der Waals surface area (Å²) in [5.74, 6) is -0.740. The maximum absolute atomic E-state index is 10.4. The van der Waals surface area contributed by atoms with Crippen molar-refractivity contribution in [2.24, 2.45) is 0 Å². The minimum atomic E-state index is -0.740. The Morgan fingerprint density at radius 3 is 3.06 bits per heavy atom. The molecular formula is C11H11NO2S2. The highest BCUT2D eigenvalue weighted by Crippen LogP contribution is 2.21. The zero-order chi connectivity index (χ0) is 11.5. The molecule has 0 amide bonds. The van der Waals surface area contributed by atoms with Gasteiger partial charge in [0.1, 0.15) is 0 Å². The Balaban J connectivity index is 2.13. The summed E-state index contributed by atoms with van der Waals surface area (Å²) < 4.78 is 1.92. The fraction of sp³-hybridized carbons (Fsp3) is 0.273.